The summed E-state index contributed by atoms with van der Waals surface area (Å²) in [6.07, 6.45) is 1.33. The maximum absolute atomic E-state index is 12.9. The average molecular weight is 409 g/mol. The number of aromatic hydroxyl groups is 1. The van der Waals surface area contributed by atoms with Gasteiger partial charge in [-0.15, -0.1) is 0 Å². The SMILES string of the molecule is Cc1c(NC(=O)C(C#N)=Cc2ccc(O)c(Cl)c2)c(=O)n(-c2ccccc2)n1C. The summed E-state index contributed by atoms with van der Waals surface area (Å²) >= 11 is 5.86. The average Bonchev–Trinajstić information content (AvgIpc) is 2.92. The Morgan fingerprint density at radius 1 is 1.24 bits per heavy atom. The number of rotatable bonds is 4. The molecule has 8 heteroatoms. The van der Waals surface area contributed by atoms with E-state index < -0.39 is 11.5 Å². The van der Waals surface area contributed by atoms with Crippen molar-refractivity contribution >= 4 is 29.3 Å². The van der Waals surface area contributed by atoms with E-state index in [9.17, 15) is 20.0 Å². The molecule has 146 valence electrons. The summed E-state index contributed by atoms with van der Waals surface area (Å²) in [5, 5.41) is 21.5. The third-order valence-corrected chi connectivity index (χ3v) is 4.74. The second kappa shape index (κ2) is 8.09. The highest BCUT2D eigenvalue weighted by Crippen LogP contribution is 2.25. The first-order chi connectivity index (χ1) is 13.8. The number of nitrogens with zero attached hydrogens (tertiary/aromatic N) is 3. The fourth-order valence-electron chi connectivity index (χ4n) is 2.82. The van der Waals surface area contributed by atoms with Crippen molar-refractivity contribution in [3.8, 4) is 17.5 Å². The van der Waals surface area contributed by atoms with Crippen LogP contribution in [0.4, 0.5) is 5.69 Å². The van der Waals surface area contributed by atoms with Gasteiger partial charge in [0, 0.05) is 7.05 Å². The molecule has 0 spiro atoms. The van der Waals surface area contributed by atoms with Gasteiger partial charge in [0.05, 0.1) is 16.4 Å². The van der Waals surface area contributed by atoms with Crippen LogP contribution in [0.5, 0.6) is 5.75 Å². The second-order valence-corrected chi connectivity index (χ2v) is 6.68. The molecule has 3 aromatic rings. The Morgan fingerprint density at radius 2 is 1.93 bits per heavy atom. The highest BCUT2D eigenvalue weighted by atomic mass is 35.5. The van der Waals surface area contributed by atoms with Crippen LogP contribution in [-0.4, -0.2) is 20.4 Å². The maximum Gasteiger partial charge on any atom is 0.295 e. The van der Waals surface area contributed by atoms with Gasteiger partial charge in [-0.2, -0.15) is 5.26 Å². The quantitative estimate of drug-likeness (QED) is 0.510. The Balaban J connectivity index is 1.96. The van der Waals surface area contributed by atoms with Gasteiger partial charge < -0.3 is 10.4 Å². The molecule has 3 rings (SSSR count). The minimum atomic E-state index is -0.720. The molecule has 0 aliphatic rings. The van der Waals surface area contributed by atoms with Crippen LogP contribution >= 0.6 is 11.6 Å². The number of nitriles is 1. The molecule has 0 aliphatic carbocycles. The van der Waals surface area contributed by atoms with Gasteiger partial charge in [-0.3, -0.25) is 14.3 Å². The lowest BCUT2D eigenvalue weighted by Crippen LogP contribution is -2.23. The molecular formula is C21H17ClN4O3. The first-order valence-corrected chi connectivity index (χ1v) is 8.97. The summed E-state index contributed by atoms with van der Waals surface area (Å²) in [4.78, 5) is 25.5. The van der Waals surface area contributed by atoms with E-state index in [4.69, 9.17) is 11.6 Å². The Labute approximate surface area is 171 Å². The van der Waals surface area contributed by atoms with Gasteiger partial charge in [0.15, 0.2) is 0 Å². The Hall–Kier alpha value is -3.76. The molecule has 2 N–H and O–H groups in total. The molecule has 1 amide bonds. The Kier molecular flexibility index (Phi) is 5.57. The van der Waals surface area contributed by atoms with Crippen LogP contribution < -0.4 is 10.9 Å². The Morgan fingerprint density at radius 3 is 2.55 bits per heavy atom. The van der Waals surface area contributed by atoms with E-state index >= 15 is 0 Å². The normalized spacial score (nSPS) is 11.2. The molecular weight excluding hydrogens is 392 g/mol. The highest BCUT2D eigenvalue weighted by Gasteiger charge is 2.20. The van der Waals surface area contributed by atoms with Crippen molar-refractivity contribution in [3.63, 3.8) is 0 Å². The monoisotopic (exact) mass is 408 g/mol. The van der Waals surface area contributed by atoms with E-state index in [0.29, 0.717) is 16.9 Å². The fourth-order valence-corrected chi connectivity index (χ4v) is 3.01. The van der Waals surface area contributed by atoms with Gasteiger partial charge in [0.1, 0.15) is 23.1 Å². The third kappa shape index (κ3) is 3.93. The number of phenols is 1. The van der Waals surface area contributed by atoms with Gasteiger partial charge in [-0.1, -0.05) is 35.9 Å². The first kappa shape index (κ1) is 20.0. The van der Waals surface area contributed by atoms with Crippen molar-refractivity contribution in [2.24, 2.45) is 7.05 Å². The van der Waals surface area contributed by atoms with Gasteiger partial charge in [0.25, 0.3) is 11.5 Å². The van der Waals surface area contributed by atoms with Crippen molar-refractivity contribution in [2.45, 2.75) is 6.92 Å². The number of aromatic nitrogens is 2. The lowest BCUT2D eigenvalue weighted by Gasteiger charge is -2.07. The number of nitrogens with one attached hydrogen (secondary N) is 1. The van der Waals surface area contributed by atoms with Crippen LogP contribution in [-0.2, 0) is 11.8 Å². The fraction of sp³-hybridized carbons (Fsp3) is 0.0952. The van der Waals surface area contributed by atoms with E-state index in [2.05, 4.69) is 5.32 Å². The van der Waals surface area contributed by atoms with Gasteiger partial charge in [-0.25, -0.2) is 4.68 Å². The lowest BCUT2D eigenvalue weighted by molar-refractivity contribution is -0.112. The minimum absolute atomic E-state index is 0.0891. The molecule has 1 aromatic heterocycles. The number of hydrogen-bond acceptors (Lipinski definition) is 4. The summed E-state index contributed by atoms with van der Waals surface area (Å²) < 4.78 is 3.06. The van der Waals surface area contributed by atoms with Gasteiger partial charge in [0.2, 0.25) is 0 Å². The number of benzene rings is 2. The van der Waals surface area contributed by atoms with Crippen molar-refractivity contribution in [1.29, 1.82) is 5.26 Å². The van der Waals surface area contributed by atoms with Crippen molar-refractivity contribution in [2.75, 3.05) is 5.32 Å². The number of amides is 1. The van der Waals surface area contributed by atoms with E-state index in [-0.39, 0.29) is 22.0 Å². The van der Waals surface area contributed by atoms with Crippen LogP contribution in [0.1, 0.15) is 11.3 Å². The van der Waals surface area contributed by atoms with E-state index in [1.807, 2.05) is 24.3 Å². The summed E-state index contributed by atoms with van der Waals surface area (Å²) in [7, 11) is 1.71. The topological polar surface area (TPSA) is 100 Å². The largest absolute Gasteiger partial charge is 0.506 e. The van der Waals surface area contributed by atoms with E-state index in [1.54, 1.807) is 30.8 Å². The molecule has 0 aliphatic heterocycles. The molecule has 1 heterocycles. The third-order valence-electron chi connectivity index (χ3n) is 4.44. The number of anilines is 1. The number of phenolic OH excluding ortho intramolecular Hbond substituents is 1. The molecule has 0 radical (unpaired) electrons. The number of carbonyl (C=O) groups excluding carboxylic acids is 1. The van der Waals surface area contributed by atoms with Gasteiger partial charge >= 0.3 is 0 Å². The number of hydrogen-bond donors (Lipinski definition) is 2. The van der Waals surface area contributed by atoms with Crippen LogP contribution in [0.3, 0.4) is 0 Å². The Bertz CT molecular complexity index is 1220. The van der Waals surface area contributed by atoms with Crippen LogP contribution in [0.15, 0.2) is 58.9 Å². The zero-order valence-electron chi connectivity index (χ0n) is 15.7. The summed E-state index contributed by atoms with van der Waals surface area (Å²) in [5.41, 5.74) is 1.13. The molecule has 7 nitrogen and oxygen atoms in total. The number of halogens is 1. The summed E-state index contributed by atoms with van der Waals surface area (Å²) in [6.45, 7) is 1.70. The summed E-state index contributed by atoms with van der Waals surface area (Å²) in [6, 6.07) is 15.1. The van der Waals surface area contributed by atoms with Crippen LogP contribution in [0.25, 0.3) is 11.8 Å². The standard InChI is InChI=1S/C21H17ClN4O3/c1-13-19(21(29)26(25(13)2)16-6-4-3-5-7-16)24-20(28)15(12-23)10-14-8-9-18(27)17(22)11-14/h3-11,27H,1-2H3,(H,24,28). The molecule has 2 aromatic carbocycles. The molecule has 0 fully saturated rings. The van der Waals surface area contributed by atoms with Crippen LogP contribution in [0.2, 0.25) is 5.02 Å². The van der Waals surface area contributed by atoms with E-state index in [0.717, 1.165) is 0 Å². The predicted molar refractivity (Wildman–Crippen MR) is 111 cm³/mol. The summed E-state index contributed by atoms with van der Waals surface area (Å²) in [5.74, 6) is -0.823. The minimum Gasteiger partial charge on any atom is -0.506 e. The second-order valence-electron chi connectivity index (χ2n) is 6.27. The molecule has 0 saturated carbocycles. The van der Waals surface area contributed by atoms with Crippen molar-refractivity contribution in [1.82, 2.24) is 9.36 Å². The maximum atomic E-state index is 12.9. The molecule has 0 atom stereocenters. The predicted octanol–water partition coefficient (Wildman–Crippen LogP) is 3.39. The van der Waals surface area contributed by atoms with Crippen molar-refractivity contribution in [3.05, 3.63) is 80.7 Å². The molecule has 0 saturated heterocycles. The number of para-hydroxylation sites is 1. The lowest BCUT2D eigenvalue weighted by atomic mass is 10.1. The molecule has 29 heavy (non-hydrogen) atoms. The molecule has 0 unspecified atom stereocenters. The zero-order chi connectivity index (χ0) is 21.1. The molecule has 0 bridgehead atoms. The highest BCUT2D eigenvalue weighted by molar-refractivity contribution is 6.32. The number of carbonyl (C=O) groups is 1. The van der Waals surface area contributed by atoms with E-state index in [1.165, 1.54) is 29.0 Å². The smallest absolute Gasteiger partial charge is 0.295 e. The van der Waals surface area contributed by atoms with Crippen LogP contribution in [0, 0.1) is 18.3 Å². The zero-order valence-corrected chi connectivity index (χ0v) is 16.4. The van der Waals surface area contributed by atoms with Crippen molar-refractivity contribution < 1.29 is 9.90 Å². The van der Waals surface area contributed by atoms with Gasteiger partial charge in [-0.05, 0) is 42.8 Å². The first-order valence-electron chi connectivity index (χ1n) is 8.59.